The summed E-state index contributed by atoms with van der Waals surface area (Å²) in [5.74, 6) is 0. The van der Waals surface area contributed by atoms with Crippen LogP contribution in [0.25, 0.3) is 12.2 Å². The predicted octanol–water partition coefficient (Wildman–Crippen LogP) is 1.29. The van der Waals surface area contributed by atoms with E-state index in [4.69, 9.17) is 5.73 Å². The SMILES string of the molecule is C/C=c1/cc(N)cn/c1=C/C.CC. The minimum Gasteiger partial charge on any atom is -0.397 e. The first-order chi connectivity index (χ1) is 6.27. The number of nitrogen functional groups attached to an aromatic ring is 1. The lowest BCUT2D eigenvalue weighted by Gasteiger charge is -1.91. The first kappa shape index (κ1) is 11.7. The van der Waals surface area contributed by atoms with Gasteiger partial charge in [0.15, 0.2) is 0 Å². The van der Waals surface area contributed by atoms with E-state index >= 15 is 0 Å². The standard InChI is InChI=1S/C9H12N2.C2H6/c1-3-7-5-8(10)6-11-9(7)4-2;1-2/h3-6H,10H2,1-2H3;1-2H3/b7-3-,9-4+;. The molecule has 1 heterocycles. The van der Waals surface area contributed by atoms with Crippen LogP contribution in [0.2, 0.25) is 0 Å². The second-order valence-corrected chi connectivity index (χ2v) is 2.32. The van der Waals surface area contributed by atoms with Crippen molar-refractivity contribution in [1.29, 1.82) is 0 Å². The van der Waals surface area contributed by atoms with Crippen LogP contribution in [0.1, 0.15) is 27.7 Å². The minimum absolute atomic E-state index is 0.712. The fraction of sp³-hybridized carbons (Fsp3) is 0.364. The Morgan fingerprint density at radius 2 is 1.85 bits per heavy atom. The van der Waals surface area contributed by atoms with Gasteiger partial charge in [0.2, 0.25) is 0 Å². The van der Waals surface area contributed by atoms with E-state index in [2.05, 4.69) is 4.98 Å². The highest BCUT2D eigenvalue weighted by Gasteiger charge is 1.85. The summed E-state index contributed by atoms with van der Waals surface area (Å²) in [5, 5.41) is 2.08. The molecule has 0 aromatic carbocycles. The van der Waals surface area contributed by atoms with Crippen LogP contribution in [-0.4, -0.2) is 4.98 Å². The zero-order valence-corrected chi connectivity index (χ0v) is 8.83. The Kier molecular flexibility index (Phi) is 5.60. The smallest absolute Gasteiger partial charge is 0.0657 e. The van der Waals surface area contributed by atoms with Gasteiger partial charge in [0.05, 0.1) is 17.2 Å². The molecule has 13 heavy (non-hydrogen) atoms. The van der Waals surface area contributed by atoms with Crippen molar-refractivity contribution in [2.75, 3.05) is 5.73 Å². The molecule has 2 N–H and O–H groups in total. The quantitative estimate of drug-likeness (QED) is 0.650. The molecule has 0 atom stereocenters. The summed E-state index contributed by atoms with van der Waals surface area (Å²) in [6.45, 7) is 7.94. The molecule has 0 bridgehead atoms. The molecule has 1 aromatic heterocycles. The maximum absolute atomic E-state index is 5.56. The van der Waals surface area contributed by atoms with Gasteiger partial charge >= 0.3 is 0 Å². The van der Waals surface area contributed by atoms with E-state index in [-0.39, 0.29) is 0 Å². The number of rotatable bonds is 0. The Labute approximate surface area is 79.8 Å². The Morgan fingerprint density at radius 3 is 2.31 bits per heavy atom. The second-order valence-electron chi connectivity index (χ2n) is 2.32. The van der Waals surface area contributed by atoms with Crippen molar-refractivity contribution in [3.05, 3.63) is 22.8 Å². The van der Waals surface area contributed by atoms with Crippen LogP contribution in [0.15, 0.2) is 12.3 Å². The highest BCUT2D eigenvalue weighted by molar-refractivity contribution is 5.38. The van der Waals surface area contributed by atoms with Crippen molar-refractivity contribution in [1.82, 2.24) is 4.98 Å². The molecule has 0 radical (unpaired) electrons. The molecule has 0 fully saturated rings. The summed E-state index contributed by atoms with van der Waals surface area (Å²) in [5.41, 5.74) is 6.27. The molecule has 0 spiro atoms. The topological polar surface area (TPSA) is 38.9 Å². The summed E-state index contributed by atoms with van der Waals surface area (Å²) in [7, 11) is 0. The third kappa shape index (κ3) is 3.28. The molecule has 1 aromatic rings. The third-order valence-electron chi connectivity index (χ3n) is 1.56. The van der Waals surface area contributed by atoms with Crippen molar-refractivity contribution in [2.24, 2.45) is 0 Å². The van der Waals surface area contributed by atoms with Gasteiger partial charge in [-0.3, -0.25) is 4.98 Å². The number of nitrogens with two attached hydrogens (primary N) is 1. The number of hydrogen-bond donors (Lipinski definition) is 1. The van der Waals surface area contributed by atoms with E-state index in [1.165, 1.54) is 0 Å². The van der Waals surface area contributed by atoms with Gasteiger partial charge in [-0.1, -0.05) is 26.0 Å². The monoisotopic (exact) mass is 178 g/mol. The molecule has 1 rings (SSSR count). The van der Waals surface area contributed by atoms with Gasteiger partial charge in [-0.15, -0.1) is 0 Å². The maximum atomic E-state index is 5.56. The van der Waals surface area contributed by atoms with Crippen molar-refractivity contribution in [2.45, 2.75) is 27.7 Å². The number of anilines is 1. The van der Waals surface area contributed by atoms with Crippen LogP contribution in [0.4, 0.5) is 5.69 Å². The summed E-state index contributed by atoms with van der Waals surface area (Å²) >= 11 is 0. The van der Waals surface area contributed by atoms with E-state index in [9.17, 15) is 0 Å². The molecule has 0 saturated heterocycles. The number of pyridine rings is 1. The molecular formula is C11H18N2. The Morgan fingerprint density at radius 1 is 1.23 bits per heavy atom. The first-order valence-corrected chi connectivity index (χ1v) is 4.62. The van der Waals surface area contributed by atoms with E-state index in [0.717, 1.165) is 10.6 Å². The van der Waals surface area contributed by atoms with Crippen LogP contribution in [0.5, 0.6) is 0 Å². The summed E-state index contributed by atoms with van der Waals surface area (Å²) in [4.78, 5) is 4.16. The van der Waals surface area contributed by atoms with Crippen LogP contribution in [0, 0.1) is 0 Å². The van der Waals surface area contributed by atoms with E-state index < -0.39 is 0 Å². The van der Waals surface area contributed by atoms with Crippen molar-refractivity contribution < 1.29 is 0 Å². The number of aromatic nitrogens is 1. The zero-order chi connectivity index (χ0) is 10.3. The van der Waals surface area contributed by atoms with Gasteiger partial charge in [0.25, 0.3) is 0 Å². The molecule has 0 aliphatic heterocycles. The first-order valence-electron chi connectivity index (χ1n) is 4.62. The lowest BCUT2D eigenvalue weighted by Crippen LogP contribution is -2.27. The van der Waals surface area contributed by atoms with Crippen LogP contribution in [0.3, 0.4) is 0 Å². The second kappa shape index (κ2) is 6.23. The van der Waals surface area contributed by atoms with Gasteiger partial charge in [-0.05, 0) is 25.1 Å². The van der Waals surface area contributed by atoms with Crippen LogP contribution < -0.4 is 16.3 Å². The number of nitrogens with zero attached hydrogens (tertiary/aromatic N) is 1. The summed E-state index contributed by atoms with van der Waals surface area (Å²) in [6.07, 6.45) is 5.63. The van der Waals surface area contributed by atoms with E-state index in [1.54, 1.807) is 6.20 Å². The third-order valence-corrected chi connectivity index (χ3v) is 1.56. The predicted molar refractivity (Wildman–Crippen MR) is 59.5 cm³/mol. The molecule has 72 valence electrons. The van der Waals surface area contributed by atoms with Crippen LogP contribution >= 0.6 is 0 Å². The molecule has 2 heteroatoms. The highest BCUT2D eigenvalue weighted by Crippen LogP contribution is 1.86. The Hall–Kier alpha value is -1.31. The average molecular weight is 178 g/mol. The molecule has 0 unspecified atom stereocenters. The molecule has 0 amide bonds. The molecule has 0 saturated carbocycles. The minimum atomic E-state index is 0.712. The fourth-order valence-electron chi connectivity index (χ4n) is 0.982. The summed E-state index contributed by atoms with van der Waals surface area (Å²) in [6, 6.07) is 1.92. The molecular weight excluding hydrogens is 160 g/mol. The zero-order valence-electron chi connectivity index (χ0n) is 8.83. The van der Waals surface area contributed by atoms with E-state index in [1.807, 2.05) is 45.9 Å². The Balaban J connectivity index is 0.000000671. The highest BCUT2D eigenvalue weighted by atomic mass is 14.7. The fourth-order valence-corrected chi connectivity index (χ4v) is 0.982. The van der Waals surface area contributed by atoms with Gasteiger partial charge in [0, 0.05) is 0 Å². The van der Waals surface area contributed by atoms with Crippen molar-refractivity contribution in [3.63, 3.8) is 0 Å². The average Bonchev–Trinajstić information content (AvgIpc) is 2.20. The van der Waals surface area contributed by atoms with Crippen molar-refractivity contribution >= 4 is 17.8 Å². The van der Waals surface area contributed by atoms with Crippen molar-refractivity contribution in [3.8, 4) is 0 Å². The normalized spacial score (nSPS) is 12.3. The maximum Gasteiger partial charge on any atom is 0.0657 e. The van der Waals surface area contributed by atoms with Gasteiger partial charge in [-0.2, -0.15) is 0 Å². The molecule has 0 aliphatic rings. The Bertz CT molecular complexity index is 353. The lowest BCUT2D eigenvalue weighted by molar-refractivity contribution is 1.22. The number of hydrogen-bond acceptors (Lipinski definition) is 2. The molecule has 0 aliphatic carbocycles. The largest absolute Gasteiger partial charge is 0.397 e. The summed E-state index contributed by atoms with van der Waals surface area (Å²) < 4.78 is 0. The van der Waals surface area contributed by atoms with E-state index in [0.29, 0.717) is 5.69 Å². The van der Waals surface area contributed by atoms with Crippen LogP contribution in [-0.2, 0) is 0 Å². The van der Waals surface area contributed by atoms with Gasteiger partial charge in [-0.25, -0.2) is 0 Å². The lowest BCUT2D eigenvalue weighted by atomic mass is 10.3. The van der Waals surface area contributed by atoms with Gasteiger partial charge in [0.1, 0.15) is 0 Å². The molecule has 2 nitrogen and oxygen atoms in total. The van der Waals surface area contributed by atoms with Gasteiger partial charge < -0.3 is 5.73 Å².